The summed E-state index contributed by atoms with van der Waals surface area (Å²) in [6, 6.07) is 3.94. The molecular weight excluding hydrogens is 308 g/mol. The highest BCUT2D eigenvalue weighted by molar-refractivity contribution is 9.10. The van der Waals surface area contributed by atoms with E-state index in [0.717, 1.165) is 5.56 Å². The van der Waals surface area contributed by atoms with Crippen LogP contribution < -0.4 is 5.32 Å². The average molecular weight is 318 g/mol. The van der Waals surface area contributed by atoms with Crippen LogP contribution in [0.25, 0.3) is 0 Å². The summed E-state index contributed by atoms with van der Waals surface area (Å²) in [5.41, 5.74) is 0.909. The van der Waals surface area contributed by atoms with Gasteiger partial charge in [-0.05, 0) is 41.6 Å². The maximum Gasteiger partial charge on any atom is 0.132 e. The molecule has 0 saturated carbocycles. The minimum atomic E-state index is -0.553. The van der Waals surface area contributed by atoms with E-state index in [-0.39, 0.29) is 5.56 Å². The van der Waals surface area contributed by atoms with Gasteiger partial charge in [-0.3, -0.25) is 0 Å². The van der Waals surface area contributed by atoms with Crippen LogP contribution in [0.4, 0.5) is 8.78 Å². The van der Waals surface area contributed by atoms with E-state index in [1.54, 1.807) is 7.05 Å². The molecule has 0 fully saturated rings. The topological polar surface area (TPSA) is 12.0 Å². The normalized spacial score (nSPS) is 12.7. The molecule has 0 spiro atoms. The van der Waals surface area contributed by atoms with Gasteiger partial charge in [-0.15, -0.1) is 0 Å². The largest absolute Gasteiger partial charge is 0.309 e. The van der Waals surface area contributed by atoms with Crippen molar-refractivity contribution in [3.05, 3.63) is 56.2 Å². The lowest BCUT2D eigenvalue weighted by molar-refractivity contribution is 0.521. The molecule has 5 heteroatoms. The summed E-state index contributed by atoms with van der Waals surface area (Å²) in [5.74, 6) is -1.11. The molecule has 1 nitrogen and oxygen atoms in total. The van der Waals surface area contributed by atoms with E-state index < -0.39 is 17.7 Å². The minimum Gasteiger partial charge on any atom is -0.309 e. The van der Waals surface area contributed by atoms with E-state index in [1.165, 1.54) is 23.5 Å². The first-order valence-corrected chi connectivity index (χ1v) is 6.71. The van der Waals surface area contributed by atoms with Crippen LogP contribution in [0.1, 0.15) is 17.2 Å². The van der Waals surface area contributed by atoms with E-state index >= 15 is 0 Å². The fourth-order valence-corrected chi connectivity index (χ4v) is 2.83. The van der Waals surface area contributed by atoms with Crippen LogP contribution in [0.2, 0.25) is 0 Å². The molecule has 17 heavy (non-hydrogen) atoms. The molecule has 0 aliphatic rings. The fourth-order valence-electron chi connectivity index (χ4n) is 1.75. The van der Waals surface area contributed by atoms with Gasteiger partial charge in [-0.1, -0.05) is 15.9 Å². The Balaban J connectivity index is 2.52. The SMILES string of the molecule is CNC(c1ccsc1)c1c(F)cc(Br)cc1F. The molecule has 90 valence electrons. The molecule has 0 amide bonds. The van der Waals surface area contributed by atoms with Gasteiger partial charge in [-0.25, -0.2) is 8.78 Å². The van der Waals surface area contributed by atoms with E-state index in [1.807, 2.05) is 16.8 Å². The van der Waals surface area contributed by atoms with Gasteiger partial charge in [-0.2, -0.15) is 11.3 Å². The van der Waals surface area contributed by atoms with Crippen LogP contribution in [-0.2, 0) is 0 Å². The fraction of sp³-hybridized carbons (Fsp3) is 0.167. The van der Waals surface area contributed by atoms with Crippen molar-refractivity contribution in [2.45, 2.75) is 6.04 Å². The van der Waals surface area contributed by atoms with Crippen molar-refractivity contribution in [1.29, 1.82) is 0 Å². The van der Waals surface area contributed by atoms with Crippen LogP contribution in [0, 0.1) is 11.6 Å². The van der Waals surface area contributed by atoms with Crippen molar-refractivity contribution in [1.82, 2.24) is 5.32 Å². The predicted molar refractivity (Wildman–Crippen MR) is 69.3 cm³/mol. The highest BCUT2D eigenvalue weighted by atomic mass is 79.9. The van der Waals surface area contributed by atoms with E-state index in [2.05, 4.69) is 21.2 Å². The lowest BCUT2D eigenvalue weighted by atomic mass is 10.0. The Morgan fingerprint density at radius 2 is 1.94 bits per heavy atom. The van der Waals surface area contributed by atoms with Crippen LogP contribution in [0.3, 0.4) is 0 Å². The second kappa shape index (κ2) is 5.25. The van der Waals surface area contributed by atoms with Crippen LogP contribution in [-0.4, -0.2) is 7.05 Å². The maximum absolute atomic E-state index is 13.8. The summed E-state index contributed by atoms with van der Waals surface area (Å²) in [7, 11) is 1.68. The van der Waals surface area contributed by atoms with Crippen molar-refractivity contribution in [2.24, 2.45) is 0 Å². The van der Waals surface area contributed by atoms with Gasteiger partial charge in [0, 0.05) is 10.0 Å². The second-order valence-electron chi connectivity index (χ2n) is 3.56. The Kier molecular flexibility index (Phi) is 3.91. The third kappa shape index (κ3) is 2.56. The minimum absolute atomic E-state index is 0.0501. The summed E-state index contributed by atoms with van der Waals surface area (Å²) in [5, 5.41) is 6.69. The van der Waals surface area contributed by atoms with Gasteiger partial charge in [0.25, 0.3) is 0 Å². The average Bonchev–Trinajstić information content (AvgIpc) is 2.76. The van der Waals surface area contributed by atoms with Crippen molar-refractivity contribution >= 4 is 27.3 Å². The molecular formula is C12H10BrF2NS. The smallest absolute Gasteiger partial charge is 0.132 e. The van der Waals surface area contributed by atoms with Gasteiger partial charge in [0.2, 0.25) is 0 Å². The highest BCUT2D eigenvalue weighted by Crippen LogP contribution is 2.30. The lowest BCUT2D eigenvalue weighted by Gasteiger charge is -2.17. The van der Waals surface area contributed by atoms with Gasteiger partial charge < -0.3 is 5.32 Å². The van der Waals surface area contributed by atoms with Crippen LogP contribution in [0.15, 0.2) is 33.4 Å². The Hall–Kier alpha value is -0.780. The second-order valence-corrected chi connectivity index (χ2v) is 5.26. The molecule has 2 rings (SSSR count). The van der Waals surface area contributed by atoms with E-state index in [4.69, 9.17) is 0 Å². The molecule has 0 aliphatic heterocycles. The monoisotopic (exact) mass is 317 g/mol. The summed E-state index contributed by atoms with van der Waals surface area (Å²) in [4.78, 5) is 0. The van der Waals surface area contributed by atoms with Crippen LogP contribution >= 0.6 is 27.3 Å². The number of rotatable bonds is 3. The molecule has 0 bridgehead atoms. The molecule has 2 aromatic rings. The molecule has 1 aromatic heterocycles. The molecule has 1 aromatic carbocycles. The standard InChI is InChI=1S/C12H10BrF2NS/c1-16-12(7-2-3-17-6-7)11-9(14)4-8(13)5-10(11)15/h2-6,12,16H,1H3. The zero-order valence-corrected chi connectivity index (χ0v) is 11.4. The third-order valence-corrected chi connectivity index (χ3v) is 3.66. The summed E-state index contributed by atoms with van der Waals surface area (Å²) in [6.45, 7) is 0. The summed E-state index contributed by atoms with van der Waals surface area (Å²) >= 11 is 4.57. The number of thiophene rings is 1. The molecule has 0 saturated heterocycles. The maximum atomic E-state index is 13.8. The van der Waals surface area contributed by atoms with Crippen molar-refractivity contribution in [3.8, 4) is 0 Å². The molecule has 1 N–H and O–H groups in total. The molecule has 1 unspecified atom stereocenters. The highest BCUT2D eigenvalue weighted by Gasteiger charge is 2.21. The Labute approximate surface area is 111 Å². The third-order valence-electron chi connectivity index (χ3n) is 2.50. The number of nitrogens with one attached hydrogen (secondary N) is 1. The van der Waals surface area contributed by atoms with Gasteiger partial charge in [0.1, 0.15) is 11.6 Å². The predicted octanol–water partition coefficient (Wildman–Crippen LogP) is 4.10. The number of hydrogen-bond donors (Lipinski definition) is 1. The Morgan fingerprint density at radius 3 is 2.41 bits per heavy atom. The lowest BCUT2D eigenvalue weighted by Crippen LogP contribution is -2.19. The summed E-state index contributed by atoms with van der Waals surface area (Å²) in [6.07, 6.45) is 0. The van der Waals surface area contributed by atoms with Crippen molar-refractivity contribution in [3.63, 3.8) is 0 Å². The number of hydrogen-bond acceptors (Lipinski definition) is 2. The van der Waals surface area contributed by atoms with Gasteiger partial charge in [0.15, 0.2) is 0 Å². The van der Waals surface area contributed by atoms with Gasteiger partial charge in [0.05, 0.1) is 6.04 Å². The van der Waals surface area contributed by atoms with Crippen molar-refractivity contribution in [2.75, 3.05) is 7.05 Å². The first-order chi connectivity index (χ1) is 8.13. The molecule has 0 radical (unpaired) electrons. The van der Waals surface area contributed by atoms with E-state index in [9.17, 15) is 8.78 Å². The van der Waals surface area contributed by atoms with E-state index in [0.29, 0.717) is 4.47 Å². The first-order valence-electron chi connectivity index (χ1n) is 4.97. The Morgan fingerprint density at radius 1 is 1.29 bits per heavy atom. The van der Waals surface area contributed by atoms with Crippen LogP contribution in [0.5, 0.6) is 0 Å². The molecule has 1 atom stereocenters. The summed E-state index contributed by atoms with van der Waals surface area (Å²) < 4.78 is 28.1. The quantitative estimate of drug-likeness (QED) is 0.898. The van der Waals surface area contributed by atoms with Crippen molar-refractivity contribution < 1.29 is 8.78 Å². The van der Waals surface area contributed by atoms with Gasteiger partial charge >= 0.3 is 0 Å². The first kappa shape index (κ1) is 12.7. The number of halogens is 3. The zero-order chi connectivity index (χ0) is 12.4. The number of benzene rings is 1. The zero-order valence-electron chi connectivity index (χ0n) is 9.01. The Bertz CT molecular complexity index is 490. The molecule has 0 aliphatic carbocycles. The molecule has 1 heterocycles.